The van der Waals surface area contributed by atoms with Crippen molar-refractivity contribution in [1.29, 1.82) is 0 Å². The van der Waals surface area contributed by atoms with Gasteiger partial charge in [-0.2, -0.15) is 4.98 Å². The molecule has 2 heterocycles. The number of nitrogens with zero attached hydrogens (tertiary/aromatic N) is 4. The Morgan fingerprint density at radius 2 is 1.72 bits per heavy atom. The standard InChI is InChI=1S/C22H18N4O3/c1-3-10-15(4-2)19-23-21(28-24-19)17-13-8-9-14-18(17)26-20(25-29-22(26)27)16-11-6-5-7-12-16/h3-14H,1-2H3/b10-3-,15-4+. The van der Waals surface area contributed by atoms with Crippen LogP contribution >= 0.6 is 0 Å². The van der Waals surface area contributed by atoms with Gasteiger partial charge < -0.3 is 4.52 Å². The molecule has 0 N–H and O–H groups in total. The first-order valence-electron chi connectivity index (χ1n) is 9.10. The highest BCUT2D eigenvalue weighted by Gasteiger charge is 2.20. The molecular weight excluding hydrogens is 368 g/mol. The molecule has 7 heteroatoms. The van der Waals surface area contributed by atoms with Crippen LogP contribution in [0, 0.1) is 0 Å². The van der Waals surface area contributed by atoms with Crippen molar-refractivity contribution in [3.63, 3.8) is 0 Å². The van der Waals surface area contributed by atoms with E-state index in [4.69, 9.17) is 9.05 Å². The minimum Gasteiger partial charge on any atom is -0.334 e. The lowest BCUT2D eigenvalue weighted by molar-refractivity contribution is 0.383. The summed E-state index contributed by atoms with van der Waals surface area (Å²) in [6, 6.07) is 16.6. The first-order valence-corrected chi connectivity index (χ1v) is 9.10. The summed E-state index contributed by atoms with van der Waals surface area (Å²) in [6.07, 6.45) is 5.71. The fraction of sp³-hybridized carbons (Fsp3) is 0.0909. The molecule has 0 atom stereocenters. The highest BCUT2D eigenvalue weighted by atomic mass is 16.5. The molecule has 144 valence electrons. The van der Waals surface area contributed by atoms with E-state index in [1.54, 1.807) is 6.07 Å². The van der Waals surface area contributed by atoms with Crippen LogP contribution in [-0.4, -0.2) is 19.9 Å². The number of hydrogen-bond acceptors (Lipinski definition) is 6. The second kappa shape index (κ2) is 7.93. The zero-order valence-electron chi connectivity index (χ0n) is 15.9. The van der Waals surface area contributed by atoms with E-state index >= 15 is 0 Å². The Hall–Kier alpha value is -4.00. The maximum absolute atomic E-state index is 12.5. The van der Waals surface area contributed by atoms with Crippen LogP contribution in [0.15, 0.2) is 86.7 Å². The molecule has 0 saturated carbocycles. The molecule has 0 amide bonds. The Morgan fingerprint density at radius 1 is 0.966 bits per heavy atom. The van der Waals surface area contributed by atoms with Crippen LogP contribution in [0.2, 0.25) is 0 Å². The molecule has 2 aromatic heterocycles. The summed E-state index contributed by atoms with van der Waals surface area (Å²) in [7, 11) is 0. The average molecular weight is 386 g/mol. The number of para-hydroxylation sites is 1. The lowest BCUT2D eigenvalue weighted by atomic mass is 10.1. The molecule has 0 unspecified atom stereocenters. The number of hydrogen-bond donors (Lipinski definition) is 0. The largest absolute Gasteiger partial charge is 0.446 e. The zero-order valence-corrected chi connectivity index (χ0v) is 15.9. The normalized spacial score (nSPS) is 12.0. The van der Waals surface area contributed by atoms with E-state index < -0.39 is 5.76 Å². The van der Waals surface area contributed by atoms with Crippen molar-refractivity contribution in [2.75, 3.05) is 0 Å². The molecule has 4 aromatic rings. The number of rotatable bonds is 5. The molecule has 0 radical (unpaired) electrons. The van der Waals surface area contributed by atoms with Crippen molar-refractivity contribution >= 4 is 5.57 Å². The summed E-state index contributed by atoms with van der Waals surface area (Å²) >= 11 is 0. The highest BCUT2D eigenvalue weighted by molar-refractivity contribution is 5.73. The van der Waals surface area contributed by atoms with Gasteiger partial charge in [-0.15, -0.1) is 0 Å². The van der Waals surface area contributed by atoms with Crippen molar-refractivity contribution in [1.82, 2.24) is 19.9 Å². The second-order valence-electron chi connectivity index (χ2n) is 6.16. The Balaban J connectivity index is 1.86. The minimum absolute atomic E-state index is 0.298. The third kappa shape index (κ3) is 3.45. The summed E-state index contributed by atoms with van der Waals surface area (Å²) in [5.41, 5.74) is 2.74. The van der Waals surface area contributed by atoms with Gasteiger partial charge in [0, 0.05) is 11.1 Å². The molecule has 0 spiro atoms. The van der Waals surface area contributed by atoms with Gasteiger partial charge in [0.15, 0.2) is 5.82 Å². The molecule has 0 bridgehead atoms. The van der Waals surface area contributed by atoms with E-state index in [1.807, 2.05) is 80.6 Å². The van der Waals surface area contributed by atoms with Crippen LogP contribution in [0.4, 0.5) is 0 Å². The molecule has 0 fully saturated rings. The van der Waals surface area contributed by atoms with Gasteiger partial charge >= 0.3 is 5.76 Å². The van der Waals surface area contributed by atoms with Crippen molar-refractivity contribution in [2.45, 2.75) is 13.8 Å². The Labute approximate surface area is 166 Å². The molecule has 2 aromatic carbocycles. The number of benzene rings is 2. The summed E-state index contributed by atoms with van der Waals surface area (Å²) in [5.74, 6) is 0.563. The molecule has 7 nitrogen and oxygen atoms in total. The van der Waals surface area contributed by atoms with Crippen LogP contribution in [0.25, 0.3) is 34.1 Å². The van der Waals surface area contributed by atoms with Crippen molar-refractivity contribution < 1.29 is 9.05 Å². The van der Waals surface area contributed by atoms with Crippen LogP contribution in [-0.2, 0) is 0 Å². The molecule has 0 aliphatic heterocycles. The third-order valence-electron chi connectivity index (χ3n) is 4.35. The summed E-state index contributed by atoms with van der Waals surface area (Å²) in [5, 5.41) is 8.03. The van der Waals surface area contributed by atoms with Crippen molar-refractivity contribution in [2.24, 2.45) is 0 Å². The topological polar surface area (TPSA) is 87.0 Å². The van der Waals surface area contributed by atoms with Crippen molar-refractivity contribution in [3.05, 3.63) is 89.2 Å². The van der Waals surface area contributed by atoms with Gasteiger partial charge in [-0.1, -0.05) is 71.0 Å². The molecule has 4 rings (SSSR count). The smallest absolute Gasteiger partial charge is 0.334 e. The third-order valence-corrected chi connectivity index (χ3v) is 4.35. The molecule has 0 saturated heterocycles. The summed E-state index contributed by atoms with van der Waals surface area (Å²) in [4.78, 5) is 17.0. The molecule has 29 heavy (non-hydrogen) atoms. The summed E-state index contributed by atoms with van der Waals surface area (Å²) in [6.45, 7) is 3.82. The predicted molar refractivity (Wildman–Crippen MR) is 109 cm³/mol. The zero-order chi connectivity index (χ0) is 20.2. The van der Waals surface area contributed by atoms with Crippen LogP contribution in [0.5, 0.6) is 0 Å². The van der Waals surface area contributed by atoms with Gasteiger partial charge in [0.25, 0.3) is 5.89 Å². The average Bonchev–Trinajstić information content (AvgIpc) is 3.39. The van der Waals surface area contributed by atoms with Crippen LogP contribution < -0.4 is 5.76 Å². The van der Waals surface area contributed by atoms with Gasteiger partial charge in [-0.05, 0) is 26.0 Å². The van der Waals surface area contributed by atoms with E-state index in [9.17, 15) is 4.79 Å². The first-order chi connectivity index (χ1) is 14.2. The van der Waals surface area contributed by atoms with Crippen LogP contribution in [0.3, 0.4) is 0 Å². The van der Waals surface area contributed by atoms with Crippen LogP contribution in [0.1, 0.15) is 19.7 Å². The molecular formula is C22H18N4O3. The van der Waals surface area contributed by atoms with E-state index in [1.165, 1.54) is 4.57 Å². The van der Waals surface area contributed by atoms with Crippen molar-refractivity contribution in [3.8, 4) is 28.5 Å². The van der Waals surface area contributed by atoms with Gasteiger partial charge in [0.2, 0.25) is 5.82 Å². The molecule has 0 aliphatic rings. The lowest BCUT2D eigenvalue weighted by Gasteiger charge is -2.08. The number of allylic oxidation sites excluding steroid dienone is 4. The minimum atomic E-state index is -0.598. The quantitative estimate of drug-likeness (QED) is 0.469. The van der Waals surface area contributed by atoms with E-state index in [-0.39, 0.29) is 0 Å². The Kier molecular flexibility index (Phi) is 5.03. The fourth-order valence-corrected chi connectivity index (χ4v) is 3.01. The van der Waals surface area contributed by atoms with E-state index in [2.05, 4.69) is 15.3 Å². The SMILES string of the molecule is C/C=C\C(=C/C)c1noc(-c2ccccc2-n2c(-c3ccccc3)noc2=O)n1. The lowest BCUT2D eigenvalue weighted by Crippen LogP contribution is -2.14. The maximum Gasteiger partial charge on any atom is 0.446 e. The monoisotopic (exact) mass is 386 g/mol. The number of aromatic nitrogens is 4. The van der Waals surface area contributed by atoms with Gasteiger partial charge in [0.05, 0.1) is 11.3 Å². The van der Waals surface area contributed by atoms with Gasteiger partial charge in [-0.25, -0.2) is 9.36 Å². The Bertz CT molecular complexity index is 1250. The first kappa shape index (κ1) is 18.4. The van der Waals surface area contributed by atoms with E-state index in [0.717, 1.165) is 11.1 Å². The second-order valence-corrected chi connectivity index (χ2v) is 6.16. The fourth-order valence-electron chi connectivity index (χ4n) is 3.01. The highest BCUT2D eigenvalue weighted by Crippen LogP contribution is 2.28. The van der Waals surface area contributed by atoms with Gasteiger partial charge in [0.1, 0.15) is 0 Å². The summed E-state index contributed by atoms with van der Waals surface area (Å²) < 4.78 is 11.9. The maximum atomic E-state index is 12.5. The van der Waals surface area contributed by atoms with Gasteiger partial charge in [-0.3, -0.25) is 4.52 Å². The molecule has 0 aliphatic carbocycles. The Morgan fingerprint density at radius 3 is 2.48 bits per heavy atom. The van der Waals surface area contributed by atoms with E-state index in [0.29, 0.717) is 28.8 Å². The predicted octanol–water partition coefficient (Wildman–Crippen LogP) is 4.52.